The summed E-state index contributed by atoms with van der Waals surface area (Å²) >= 11 is 0. The molecule has 1 nitrogen and oxygen atoms in total. The van der Waals surface area contributed by atoms with Crippen molar-refractivity contribution >= 4 is 0 Å². The first-order valence-electron chi connectivity index (χ1n) is 4.67. The molecule has 72 valence electrons. The summed E-state index contributed by atoms with van der Waals surface area (Å²) in [5.74, 6) is 0.372. The van der Waals surface area contributed by atoms with E-state index >= 15 is 0 Å². The van der Waals surface area contributed by atoms with E-state index in [-0.39, 0.29) is 20.3 Å². The number of hydrogen-bond acceptors (Lipinski definition) is 1. The summed E-state index contributed by atoms with van der Waals surface area (Å²) in [6.45, 7) is 0. The van der Waals surface area contributed by atoms with E-state index in [0.29, 0.717) is 5.75 Å². The molecule has 2 aromatic carbocycles. The van der Waals surface area contributed by atoms with Crippen LogP contribution in [0, 0.1) is 0 Å². The summed E-state index contributed by atoms with van der Waals surface area (Å²) in [5.41, 5.74) is 2.19. The normalized spacial score (nSPS) is 9.33. The molecule has 0 aliphatic carbocycles. The third kappa shape index (κ3) is 3.16. The summed E-state index contributed by atoms with van der Waals surface area (Å²) < 4.78 is 0. The predicted molar refractivity (Wildman–Crippen MR) is 58.5 cm³/mol. The van der Waals surface area contributed by atoms with Crippen LogP contribution in [-0.4, -0.2) is 5.11 Å². The molecule has 0 fully saturated rings. The van der Waals surface area contributed by atoms with E-state index in [1.807, 2.05) is 36.4 Å². The first kappa shape index (κ1) is 11.9. The number of benzene rings is 2. The van der Waals surface area contributed by atoms with Crippen LogP contribution in [0.25, 0.3) is 0 Å². The maximum Gasteiger partial charge on any atom is 1.00 e. The summed E-state index contributed by atoms with van der Waals surface area (Å²) in [6.07, 6.45) is 0.785. The van der Waals surface area contributed by atoms with Crippen LogP contribution in [0.15, 0.2) is 54.6 Å². The average molecular weight is 192 g/mol. The zero-order valence-corrected chi connectivity index (χ0v) is 8.85. The van der Waals surface area contributed by atoms with E-state index in [1.54, 1.807) is 6.07 Å². The standard InChI is InChI=1S/C13H12O.Li.H/c14-13-9-5-4-8-12(13)10-11-6-2-1-3-7-11;;/h1-9,14H,10H2;;/q;+1;-1. The molecule has 2 heteroatoms. The van der Waals surface area contributed by atoms with Gasteiger partial charge in [0.05, 0.1) is 0 Å². The Hall–Kier alpha value is -1.16. The Morgan fingerprint density at radius 2 is 1.47 bits per heavy atom. The van der Waals surface area contributed by atoms with Gasteiger partial charge in [-0.15, -0.1) is 0 Å². The minimum Gasteiger partial charge on any atom is -1.00 e. The zero-order chi connectivity index (χ0) is 9.80. The van der Waals surface area contributed by atoms with Gasteiger partial charge in [-0.3, -0.25) is 0 Å². The van der Waals surface area contributed by atoms with E-state index in [9.17, 15) is 5.11 Å². The molecule has 0 unspecified atom stereocenters. The second-order valence-electron chi connectivity index (χ2n) is 3.29. The van der Waals surface area contributed by atoms with Gasteiger partial charge in [-0.05, 0) is 17.2 Å². The van der Waals surface area contributed by atoms with Gasteiger partial charge in [0.2, 0.25) is 0 Å². The molecule has 0 saturated heterocycles. The van der Waals surface area contributed by atoms with Crippen LogP contribution in [0.4, 0.5) is 0 Å². The number of phenolic OH excluding ortho intramolecular Hbond substituents is 1. The summed E-state index contributed by atoms with van der Waals surface area (Å²) in [5, 5.41) is 9.57. The first-order valence-corrected chi connectivity index (χ1v) is 4.67. The van der Waals surface area contributed by atoms with Crippen molar-refractivity contribution in [1.82, 2.24) is 0 Å². The smallest absolute Gasteiger partial charge is 1.00 e. The third-order valence-corrected chi connectivity index (χ3v) is 2.23. The SMILES string of the molecule is Oc1ccccc1Cc1ccccc1.[H-].[Li+]. The van der Waals surface area contributed by atoms with Crippen LogP contribution in [0.2, 0.25) is 0 Å². The van der Waals surface area contributed by atoms with Gasteiger partial charge in [0.1, 0.15) is 5.75 Å². The fraction of sp³-hybridized carbons (Fsp3) is 0.0769. The van der Waals surface area contributed by atoms with E-state index in [4.69, 9.17) is 0 Å². The van der Waals surface area contributed by atoms with Crippen LogP contribution in [0.5, 0.6) is 5.75 Å². The third-order valence-electron chi connectivity index (χ3n) is 2.23. The number of aromatic hydroxyl groups is 1. The van der Waals surface area contributed by atoms with Crippen molar-refractivity contribution in [3.8, 4) is 5.75 Å². The topological polar surface area (TPSA) is 20.2 Å². The predicted octanol–water partition coefficient (Wildman–Crippen LogP) is 0.0995. The Labute approximate surface area is 103 Å². The quantitative estimate of drug-likeness (QED) is 0.669. The fourth-order valence-corrected chi connectivity index (χ4v) is 1.48. The minimum absolute atomic E-state index is 0. The van der Waals surface area contributed by atoms with Crippen molar-refractivity contribution in [2.45, 2.75) is 6.42 Å². The number of phenols is 1. The van der Waals surface area contributed by atoms with Crippen molar-refractivity contribution in [3.05, 3.63) is 65.7 Å². The van der Waals surface area contributed by atoms with Gasteiger partial charge in [-0.2, -0.15) is 0 Å². The summed E-state index contributed by atoms with van der Waals surface area (Å²) in [6, 6.07) is 17.6. The van der Waals surface area contributed by atoms with E-state index in [1.165, 1.54) is 5.56 Å². The molecule has 1 N–H and O–H groups in total. The Morgan fingerprint density at radius 3 is 2.13 bits per heavy atom. The van der Waals surface area contributed by atoms with Gasteiger partial charge in [0.15, 0.2) is 0 Å². The van der Waals surface area contributed by atoms with Crippen molar-refractivity contribution in [2.75, 3.05) is 0 Å². The van der Waals surface area contributed by atoms with Crippen LogP contribution in [0.3, 0.4) is 0 Å². The molecule has 0 atom stereocenters. The second-order valence-corrected chi connectivity index (χ2v) is 3.29. The minimum atomic E-state index is 0. The van der Waals surface area contributed by atoms with E-state index in [0.717, 1.165) is 12.0 Å². The molecule has 0 amide bonds. The van der Waals surface area contributed by atoms with Gasteiger partial charge in [-0.1, -0.05) is 48.5 Å². The van der Waals surface area contributed by atoms with E-state index < -0.39 is 0 Å². The molecule has 0 heterocycles. The first-order chi connectivity index (χ1) is 6.86. The molecule has 0 saturated carbocycles. The van der Waals surface area contributed by atoms with Crippen LogP contribution in [0.1, 0.15) is 12.6 Å². The van der Waals surface area contributed by atoms with Crippen molar-refractivity contribution in [3.63, 3.8) is 0 Å². The summed E-state index contributed by atoms with van der Waals surface area (Å²) in [7, 11) is 0. The van der Waals surface area contributed by atoms with Gasteiger partial charge in [-0.25, -0.2) is 0 Å². The molecule has 0 radical (unpaired) electrons. The fourth-order valence-electron chi connectivity index (χ4n) is 1.48. The molecule has 0 bridgehead atoms. The van der Waals surface area contributed by atoms with E-state index in [2.05, 4.69) is 12.1 Å². The maximum absolute atomic E-state index is 9.57. The monoisotopic (exact) mass is 192 g/mol. The zero-order valence-electron chi connectivity index (χ0n) is 9.85. The van der Waals surface area contributed by atoms with Crippen LogP contribution in [-0.2, 0) is 6.42 Å². The second kappa shape index (κ2) is 5.65. The summed E-state index contributed by atoms with van der Waals surface area (Å²) in [4.78, 5) is 0. The number of rotatable bonds is 2. The van der Waals surface area contributed by atoms with Gasteiger partial charge >= 0.3 is 18.9 Å². The Bertz CT molecular complexity index is 417. The Kier molecular flexibility index (Phi) is 4.49. The molecular weight excluding hydrogens is 179 g/mol. The number of hydrogen-bond donors (Lipinski definition) is 1. The maximum atomic E-state index is 9.57. The van der Waals surface area contributed by atoms with Gasteiger partial charge < -0.3 is 6.53 Å². The average Bonchev–Trinajstić information content (AvgIpc) is 2.23. The van der Waals surface area contributed by atoms with Crippen molar-refractivity contribution < 1.29 is 25.4 Å². The molecule has 0 aromatic heterocycles. The van der Waals surface area contributed by atoms with Crippen LogP contribution < -0.4 is 18.9 Å². The molecule has 2 rings (SSSR count). The Morgan fingerprint density at radius 1 is 0.867 bits per heavy atom. The van der Waals surface area contributed by atoms with Crippen LogP contribution >= 0.6 is 0 Å². The number of para-hydroxylation sites is 1. The largest absolute Gasteiger partial charge is 1.00 e. The molecule has 0 spiro atoms. The van der Waals surface area contributed by atoms with Gasteiger partial charge in [0, 0.05) is 6.42 Å². The molecule has 15 heavy (non-hydrogen) atoms. The molecule has 0 aliphatic rings. The Balaban J connectivity index is 0.00000112. The molecular formula is C13H13LiO. The molecule has 2 aromatic rings. The van der Waals surface area contributed by atoms with Crippen molar-refractivity contribution in [2.24, 2.45) is 0 Å². The van der Waals surface area contributed by atoms with Crippen molar-refractivity contribution in [1.29, 1.82) is 0 Å². The molecule has 0 aliphatic heterocycles. The van der Waals surface area contributed by atoms with Gasteiger partial charge in [0.25, 0.3) is 0 Å².